The Morgan fingerprint density at radius 3 is 2.39 bits per heavy atom. The molecule has 2 N–H and O–H groups in total. The van der Waals surface area contributed by atoms with Gasteiger partial charge in [0.25, 0.3) is 0 Å². The summed E-state index contributed by atoms with van der Waals surface area (Å²) in [6.45, 7) is 6.10. The van der Waals surface area contributed by atoms with Crippen LogP contribution in [0.1, 0.15) is 46.5 Å². The first-order valence-electron chi connectivity index (χ1n) is 6.31. The smallest absolute Gasteiger partial charge is 0.303 e. The van der Waals surface area contributed by atoms with E-state index in [9.17, 15) is 9.59 Å². The third-order valence-corrected chi connectivity index (χ3v) is 2.64. The fourth-order valence-electron chi connectivity index (χ4n) is 1.93. The van der Waals surface area contributed by atoms with Gasteiger partial charge in [-0.3, -0.25) is 9.59 Å². The molecule has 1 atom stereocenters. The number of amides is 1. The molecule has 18 heavy (non-hydrogen) atoms. The number of aliphatic carboxylic acids is 1. The molecule has 5 nitrogen and oxygen atoms in total. The van der Waals surface area contributed by atoms with Crippen LogP contribution in [0.5, 0.6) is 0 Å². The third kappa shape index (κ3) is 8.06. The summed E-state index contributed by atoms with van der Waals surface area (Å²) in [6.07, 6.45) is 2.03. The monoisotopic (exact) mass is 259 g/mol. The summed E-state index contributed by atoms with van der Waals surface area (Å²) < 4.78 is 5.04. The van der Waals surface area contributed by atoms with Crippen molar-refractivity contribution in [2.75, 3.05) is 13.7 Å². The van der Waals surface area contributed by atoms with Gasteiger partial charge in [0.1, 0.15) is 0 Å². The molecule has 0 aliphatic carbocycles. The molecule has 0 aromatic rings. The topological polar surface area (TPSA) is 75.6 Å². The van der Waals surface area contributed by atoms with Crippen LogP contribution in [-0.2, 0) is 14.3 Å². The van der Waals surface area contributed by atoms with Crippen molar-refractivity contribution in [2.24, 2.45) is 5.41 Å². The van der Waals surface area contributed by atoms with Crippen molar-refractivity contribution in [3.8, 4) is 0 Å². The highest BCUT2D eigenvalue weighted by Crippen LogP contribution is 2.24. The number of rotatable bonds is 9. The van der Waals surface area contributed by atoms with Gasteiger partial charge in [0.05, 0.1) is 19.1 Å². The number of nitrogens with one attached hydrogen (secondary N) is 1. The molecule has 0 saturated carbocycles. The van der Waals surface area contributed by atoms with Crippen molar-refractivity contribution in [2.45, 2.75) is 52.5 Å². The van der Waals surface area contributed by atoms with E-state index in [1.807, 2.05) is 6.92 Å². The van der Waals surface area contributed by atoms with Gasteiger partial charge < -0.3 is 15.2 Å². The second-order valence-corrected chi connectivity index (χ2v) is 5.42. The van der Waals surface area contributed by atoms with Crippen LogP contribution in [0.3, 0.4) is 0 Å². The van der Waals surface area contributed by atoms with Crippen LogP contribution < -0.4 is 5.32 Å². The molecule has 1 amide bonds. The predicted molar refractivity (Wildman–Crippen MR) is 69.4 cm³/mol. The quantitative estimate of drug-likeness (QED) is 0.662. The van der Waals surface area contributed by atoms with Gasteiger partial charge >= 0.3 is 5.97 Å². The van der Waals surface area contributed by atoms with Crippen molar-refractivity contribution in [3.63, 3.8) is 0 Å². The van der Waals surface area contributed by atoms with Crippen LogP contribution in [-0.4, -0.2) is 36.7 Å². The van der Waals surface area contributed by atoms with Crippen LogP contribution in [0.15, 0.2) is 0 Å². The minimum absolute atomic E-state index is 0.00753. The van der Waals surface area contributed by atoms with Crippen molar-refractivity contribution in [1.82, 2.24) is 5.32 Å². The van der Waals surface area contributed by atoms with Crippen LogP contribution in [0.4, 0.5) is 0 Å². The van der Waals surface area contributed by atoms with Crippen molar-refractivity contribution in [1.29, 1.82) is 0 Å². The lowest BCUT2D eigenvalue weighted by molar-refractivity contribution is -0.139. The number of methoxy groups -OCH3 is 1. The molecule has 0 spiro atoms. The van der Waals surface area contributed by atoms with E-state index < -0.39 is 11.4 Å². The van der Waals surface area contributed by atoms with E-state index in [0.29, 0.717) is 6.61 Å². The zero-order valence-electron chi connectivity index (χ0n) is 11.8. The summed E-state index contributed by atoms with van der Waals surface area (Å²) >= 11 is 0. The van der Waals surface area contributed by atoms with E-state index in [-0.39, 0.29) is 24.8 Å². The van der Waals surface area contributed by atoms with Crippen LogP contribution in [0.25, 0.3) is 0 Å². The Morgan fingerprint density at radius 2 is 1.94 bits per heavy atom. The van der Waals surface area contributed by atoms with Crippen molar-refractivity contribution < 1.29 is 19.4 Å². The molecule has 0 fully saturated rings. The molecular weight excluding hydrogens is 234 g/mol. The third-order valence-electron chi connectivity index (χ3n) is 2.64. The highest BCUT2D eigenvalue weighted by atomic mass is 16.5. The second kappa shape index (κ2) is 8.08. The zero-order valence-corrected chi connectivity index (χ0v) is 11.8. The molecule has 0 aliphatic heterocycles. The van der Waals surface area contributed by atoms with E-state index >= 15 is 0 Å². The number of carbonyl (C=O) groups excluding carboxylic acids is 1. The number of hydrogen-bond acceptors (Lipinski definition) is 3. The van der Waals surface area contributed by atoms with E-state index in [2.05, 4.69) is 5.32 Å². The summed E-state index contributed by atoms with van der Waals surface area (Å²) in [7, 11) is 1.60. The number of carboxylic acids is 1. The zero-order chi connectivity index (χ0) is 14.2. The average Bonchev–Trinajstić information content (AvgIpc) is 2.14. The molecule has 0 heterocycles. The van der Waals surface area contributed by atoms with Gasteiger partial charge in [-0.2, -0.15) is 0 Å². The van der Waals surface area contributed by atoms with E-state index in [1.165, 1.54) is 0 Å². The lowest BCUT2D eigenvalue weighted by Gasteiger charge is -2.24. The molecular formula is C13H25NO4. The molecule has 0 rings (SSSR count). The van der Waals surface area contributed by atoms with E-state index in [4.69, 9.17) is 9.84 Å². The molecule has 0 bridgehead atoms. The minimum atomic E-state index is -0.880. The molecule has 0 aromatic heterocycles. The number of carboxylic acid groups (broad SMARTS) is 1. The highest BCUT2D eigenvalue weighted by molar-refractivity contribution is 5.78. The fraction of sp³-hybridized carbons (Fsp3) is 0.846. The van der Waals surface area contributed by atoms with Gasteiger partial charge in [0, 0.05) is 13.5 Å². The Kier molecular flexibility index (Phi) is 7.59. The van der Waals surface area contributed by atoms with Crippen molar-refractivity contribution >= 4 is 11.9 Å². The summed E-state index contributed by atoms with van der Waals surface area (Å²) in [5.74, 6) is -0.994. The SMILES string of the molecule is CCCC(COC)NC(=O)CC(C)(C)CC(=O)O. The standard InChI is InChI=1S/C13H25NO4/c1-5-6-10(9-18-4)14-11(15)7-13(2,3)8-12(16)17/h10H,5-9H2,1-4H3,(H,14,15)(H,16,17). The van der Waals surface area contributed by atoms with Crippen LogP contribution in [0.2, 0.25) is 0 Å². The second-order valence-electron chi connectivity index (χ2n) is 5.42. The lowest BCUT2D eigenvalue weighted by atomic mass is 9.85. The van der Waals surface area contributed by atoms with Gasteiger partial charge in [0.2, 0.25) is 5.91 Å². The summed E-state index contributed by atoms with van der Waals surface area (Å²) in [5, 5.41) is 11.7. The summed E-state index contributed by atoms with van der Waals surface area (Å²) in [5.41, 5.74) is -0.528. The summed E-state index contributed by atoms with van der Waals surface area (Å²) in [6, 6.07) is 0.00753. The lowest BCUT2D eigenvalue weighted by Crippen LogP contribution is -2.40. The Morgan fingerprint density at radius 1 is 1.33 bits per heavy atom. The van der Waals surface area contributed by atoms with Gasteiger partial charge in [-0.25, -0.2) is 0 Å². The number of hydrogen-bond donors (Lipinski definition) is 2. The average molecular weight is 259 g/mol. The van der Waals surface area contributed by atoms with E-state index in [1.54, 1.807) is 21.0 Å². The van der Waals surface area contributed by atoms with Crippen LogP contribution in [0, 0.1) is 5.41 Å². The normalized spacial score (nSPS) is 13.1. The number of carbonyl (C=O) groups is 2. The molecule has 0 saturated heterocycles. The fourth-order valence-corrected chi connectivity index (χ4v) is 1.93. The molecule has 0 aliphatic rings. The Balaban J connectivity index is 4.25. The van der Waals surface area contributed by atoms with Gasteiger partial charge in [-0.1, -0.05) is 27.2 Å². The predicted octanol–water partition coefficient (Wildman–Crippen LogP) is 1.81. The minimum Gasteiger partial charge on any atom is -0.481 e. The molecule has 0 aromatic carbocycles. The van der Waals surface area contributed by atoms with Gasteiger partial charge in [-0.15, -0.1) is 0 Å². The first-order valence-corrected chi connectivity index (χ1v) is 6.31. The summed E-state index contributed by atoms with van der Waals surface area (Å²) in [4.78, 5) is 22.5. The Hall–Kier alpha value is -1.10. The Labute approximate surface area is 109 Å². The first kappa shape index (κ1) is 16.9. The molecule has 5 heteroatoms. The maximum Gasteiger partial charge on any atom is 0.303 e. The molecule has 106 valence electrons. The highest BCUT2D eigenvalue weighted by Gasteiger charge is 2.26. The molecule has 0 radical (unpaired) electrons. The number of ether oxygens (including phenoxy) is 1. The maximum atomic E-state index is 11.8. The van der Waals surface area contributed by atoms with Gasteiger partial charge in [-0.05, 0) is 11.8 Å². The maximum absolute atomic E-state index is 11.8. The van der Waals surface area contributed by atoms with Crippen LogP contribution >= 0.6 is 0 Å². The Bertz CT molecular complexity index is 270. The van der Waals surface area contributed by atoms with E-state index in [0.717, 1.165) is 12.8 Å². The largest absolute Gasteiger partial charge is 0.481 e. The van der Waals surface area contributed by atoms with Gasteiger partial charge in [0.15, 0.2) is 0 Å². The van der Waals surface area contributed by atoms with Crippen molar-refractivity contribution in [3.05, 3.63) is 0 Å². The molecule has 1 unspecified atom stereocenters. The first-order chi connectivity index (χ1) is 8.30.